The van der Waals surface area contributed by atoms with E-state index in [9.17, 15) is 4.79 Å². The van der Waals surface area contributed by atoms with Crippen molar-refractivity contribution in [1.29, 1.82) is 0 Å². The fraction of sp³-hybridized carbons (Fsp3) is 0.923. The summed E-state index contributed by atoms with van der Waals surface area (Å²) in [5.74, 6) is -0.0553. The third kappa shape index (κ3) is 4.64. The van der Waals surface area contributed by atoms with E-state index in [2.05, 4.69) is 13.8 Å². The Morgan fingerprint density at radius 2 is 1.76 bits per heavy atom. The summed E-state index contributed by atoms with van der Waals surface area (Å²) >= 11 is 0. The molecule has 1 atom stereocenters. The summed E-state index contributed by atoms with van der Waals surface area (Å²) in [5, 5.41) is 9.08. The molecule has 0 unspecified atom stereocenters. The second-order valence-corrected chi connectivity index (χ2v) is 5.57. The lowest BCUT2D eigenvalue weighted by molar-refractivity contribution is -0.138. The van der Waals surface area contributed by atoms with Crippen molar-refractivity contribution in [2.45, 2.75) is 59.5 Å². The number of nitrogens with two attached hydrogens (primary N) is 1. The Morgan fingerprint density at radius 1 is 1.29 bits per heavy atom. The number of aliphatic hydroxyl groups is 1. The van der Waals surface area contributed by atoms with Crippen LogP contribution in [0, 0.1) is 5.41 Å². The van der Waals surface area contributed by atoms with Crippen LogP contribution in [-0.2, 0) is 4.79 Å². The third-order valence-electron chi connectivity index (χ3n) is 3.21. The minimum absolute atomic E-state index is 0.0148. The Labute approximate surface area is 105 Å². The minimum atomic E-state index is -0.519. The number of rotatable bonds is 6. The van der Waals surface area contributed by atoms with Crippen molar-refractivity contribution >= 4 is 5.91 Å². The van der Waals surface area contributed by atoms with Gasteiger partial charge in [0.15, 0.2) is 0 Å². The van der Waals surface area contributed by atoms with Crippen LogP contribution in [0.25, 0.3) is 0 Å². The average molecular weight is 244 g/mol. The quantitative estimate of drug-likeness (QED) is 0.741. The minimum Gasteiger partial charge on any atom is -0.395 e. The van der Waals surface area contributed by atoms with Gasteiger partial charge in [-0.05, 0) is 18.3 Å². The summed E-state index contributed by atoms with van der Waals surface area (Å²) < 4.78 is 0. The Hall–Kier alpha value is -0.610. The summed E-state index contributed by atoms with van der Waals surface area (Å²) in [5.41, 5.74) is 5.75. The molecule has 0 bridgehead atoms. The number of nitrogens with zero attached hydrogens (tertiary/aromatic N) is 1. The van der Waals surface area contributed by atoms with Crippen molar-refractivity contribution in [2.75, 3.05) is 13.2 Å². The van der Waals surface area contributed by atoms with Crippen LogP contribution in [0.5, 0.6) is 0 Å². The van der Waals surface area contributed by atoms with Gasteiger partial charge < -0.3 is 15.7 Å². The molecule has 4 nitrogen and oxygen atoms in total. The van der Waals surface area contributed by atoms with Crippen molar-refractivity contribution in [3.8, 4) is 0 Å². The molecule has 4 heteroatoms. The first kappa shape index (κ1) is 16.4. The van der Waals surface area contributed by atoms with Gasteiger partial charge in [-0.25, -0.2) is 0 Å². The highest BCUT2D eigenvalue weighted by Crippen LogP contribution is 2.21. The molecular formula is C13H28N2O2. The van der Waals surface area contributed by atoms with E-state index in [1.165, 1.54) is 0 Å². The summed E-state index contributed by atoms with van der Waals surface area (Å²) in [6.45, 7) is 10.3. The van der Waals surface area contributed by atoms with Crippen LogP contribution in [0.1, 0.15) is 47.5 Å². The van der Waals surface area contributed by atoms with Crippen LogP contribution in [0.15, 0.2) is 0 Å². The molecule has 0 aliphatic heterocycles. The highest BCUT2D eigenvalue weighted by atomic mass is 16.3. The Balaban J connectivity index is 4.87. The van der Waals surface area contributed by atoms with Gasteiger partial charge in [-0.1, -0.05) is 34.6 Å². The van der Waals surface area contributed by atoms with Crippen molar-refractivity contribution in [2.24, 2.45) is 11.1 Å². The zero-order chi connectivity index (χ0) is 13.6. The van der Waals surface area contributed by atoms with E-state index in [1.807, 2.05) is 20.8 Å². The van der Waals surface area contributed by atoms with Crippen LogP contribution in [0.2, 0.25) is 0 Å². The molecular weight excluding hydrogens is 216 g/mol. The van der Waals surface area contributed by atoms with Gasteiger partial charge in [0.1, 0.15) is 0 Å². The van der Waals surface area contributed by atoms with Crippen molar-refractivity contribution in [3.05, 3.63) is 0 Å². The van der Waals surface area contributed by atoms with Crippen LogP contribution in [-0.4, -0.2) is 41.1 Å². The lowest BCUT2D eigenvalue weighted by atomic mass is 9.86. The van der Waals surface area contributed by atoms with Gasteiger partial charge in [0.2, 0.25) is 5.91 Å². The van der Waals surface area contributed by atoms with Crippen molar-refractivity contribution in [1.82, 2.24) is 4.90 Å². The molecule has 0 aromatic carbocycles. The van der Waals surface area contributed by atoms with Crippen LogP contribution >= 0.6 is 0 Å². The number of carbonyl (C=O) groups excluding carboxylic acids is 1. The first-order valence-corrected chi connectivity index (χ1v) is 6.46. The predicted octanol–water partition coefficient (Wildman–Crippen LogP) is 1.37. The monoisotopic (exact) mass is 244 g/mol. The molecule has 0 rings (SSSR count). The van der Waals surface area contributed by atoms with Crippen molar-refractivity contribution < 1.29 is 9.90 Å². The van der Waals surface area contributed by atoms with Gasteiger partial charge in [-0.15, -0.1) is 0 Å². The highest BCUT2D eigenvalue weighted by Gasteiger charge is 2.32. The van der Waals surface area contributed by atoms with E-state index in [4.69, 9.17) is 10.8 Å². The molecule has 3 N–H and O–H groups in total. The van der Waals surface area contributed by atoms with Gasteiger partial charge >= 0.3 is 0 Å². The Kier molecular flexibility index (Phi) is 6.72. The maximum Gasteiger partial charge on any atom is 0.240 e. The number of hydrogen-bond donors (Lipinski definition) is 2. The first-order valence-electron chi connectivity index (χ1n) is 6.46. The van der Waals surface area contributed by atoms with Gasteiger partial charge in [0.25, 0.3) is 0 Å². The molecule has 102 valence electrons. The molecule has 0 saturated heterocycles. The van der Waals surface area contributed by atoms with Gasteiger partial charge in [0, 0.05) is 12.6 Å². The molecule has 0 radical (unpaired) electrons. The fourth-order valence-corrected chi connectivity index (χ4v) is 1.86. The normalized spacial score (nSPS) is 13.9. The fourth-order valence-electron chi connectivity index (χ4n) is 1.86. The summed E-state index contributed by atoms with van der Waals surface area (Å²) in [7, 11) is 0. The highest BCUT2D eigenvalue weighted by molar-refractivity contribution is 5.82. The molecule has 0 heterocycles. The van der Waals surface area contributed by atoms with E-state index in [0.29, 0.717) is 6.54 Å². The average Bonchev–Trinajstić information content (AvgIpc) is 2.26. The number of carbonyl (C=O) groups is 1. The van der Waals surface area contributed by atoms with Crippen LogP contribution in [0.4, 0.5) is 0 Å². The van der Waals surface area contributed by atoms with Gasteiger partial charge in [0.05, 0.1) is 12.6 Å². The molecule has 0 aromatic heterocycles. The van der Waals surface area contributed by atoms with E-state index in [-0.39, 0.29) is 24.0 Å². The number of amides is 1. The molecule has 1 amide bonds. The molecule has 0 spiro atoms. The Bertz CT molecular complexity index is 232. The molecule has 0 aliphatic rings. The first-order chi connectivity index (χ1) is 7.79. The van der Waals surface area contributed by atoms with Crippen LogP contribution in [0.3, 0.4) is 0 Å². The number of hydrogen-bond acceptors (Lipinski definition) is 3. The zero-order valence-electron chi connectivity index (χ0n) is 11.9. The van der Waals surface area contributed by atoms with Gasteiger partial charge in [-0.2, -0.15) is 0 Å². The number of aliphatic hydroxyl groups excluding tert-OH is 1. The van der Waals surface area contributed by atoms with Crippen molar-refractivity contribution in [3.63, 3.8) is 0 Å². The topological polar surface area (TPSA) is 66.6 Å². The smallest absolute Gasteiger partial charge is 0.240 e. The maximum absolute atomic E-state index is 12.3. The molecule has 0 aliphatic carbocycles. The van der Waals surface area contributed by atoms with Gasteiger partial charge in [-0.3, -0.25) is 4.79 Å². The largest absolute Gasteiger partial charge is 0.395 e. The molecule has 17 heavy (non-hydrogen) atoms. The SMILES string of the molecule is CCC(CC)N(CCO)C(=O)[C@@H](N)C(C)(C)C. The Morgan fingerprint density at radius 3 is 2.06 bits per heavy atom. The molecule has 0 saturated carbocycles. The van der Waals surface area contributed by atoms with E-state index < -0.39 is 6.04 Å². The zero-order valence-corrected chi connectivity index (χ0v) is 11.9. The lowest BCUT2D eigenvalue weighted by Gasteiger charge is -2.36. The van der Waals surface area contributed by atoms with Crippen LogP contribution < -0.4 is 5.73 Å². The summed E-state index contributed by atoms with van der Waals surface area (Å²) in [4.78, 5) is 14.1. The predicted molar refractivity (Wildman–Crippen MR) is 70.6 cm³/mol. The molecule has 0 aromatic rings. The standard InChI is InChI=1S/C13H28N2O2/c1-6-10(7-2)15(8-9-16)12(17)11(14)13(3,4)5/h10-11,16H,6-9,14H2,1-5H3/t11-/m1/s1. The maximum atomic E-state index is 12.3. The second-order valence-electron chi connectivity index (χ2n) is 5.57. The summed E-state index contributed by atoms with van der Waals surface area (Å²) in [6, 6.07) is -0.349. The second kappa shape index (κ2) is 6.97. The lowest BCUT2D eigenvalue weighted by Crippen LogP contribution is -2.54. The van der Waals surface area contributed by atoms with E-state index in [1.54, 1.807) is 4.90 Å². The third-order valence-corrected chi connectivity index (χ3v) is 3.21. The summed E-state index contributed by atoms with van der Waals surface area (Å²) in [6.07, 6.45) is 1.78. The molecule has 0 fully saturated rings. The van der Waals surface area contributed by atoms with E-state index in [0.717, 1.165) is 12.8 Å². The van der Waals surface area contributed by atoms with E-state index >= 15 is 0 Å².